The molecule has 1 aromatic carbocycles. The number of thioether (sulfide) groups is 1. The first-order chi connectivity index (χ1) is 8.63. The summed E-state index contributed by atoms with van der Waals surface area (Å²) in [5.74, 6) is 0.885. The number of nitrogens with one attached hydrogen (secondary N) is 1. The summed E-state index contributed by atoms with van der Waals surface area (Å²) in [5.41, 5.74) is 1.25. The highest BCUT2D eigenvalue weighted by molar-refractivity contribution is 7.99. The van der Waals surface area contributed by atoms with Crippen LogP contribution in [0.2, 0.25) is 0 Å². The van der Waals surface area contributed by atoms with Crippen molar-refractivity contribution in [2.45, 2.75) is 43.2 Å². The molecule has 0 spiro atoms. The number of aliphatic hydroxyl groups is 1. The highest BCUT2D eigenvalue weighted by Crippen LogP contribution is 2.21. The van der Waals surface area contributed by atoms with Crippen LogP contribution < -0.4 is 5.32 Å². The van der Waals surface area contributed by atoms with Crippen molar-refractivity contribution in [3.05, 3.63) is 29.8 Å². The normalized spacial score (nSPS) is 22.3. The summed E-state index contributed by atoms with van der Waals surface area (Å²) in [6.07, 6.45) is 1.73. The molecule has 18 heavy (non-hydrogen) atoms. The zero-order valence-electron chi connectivity index (χ0n) is 10.6. The fourth-order valence-electron chi connectivity index (χ4n) is 1.90. The van der Waals surface area contributed by atoms with Gasteiger partial charge in [-0.3, -0.25) is 4.79 Å². The lowest BCUT2D eigenvalue weighted by atomic mass is 9.89. The van der Waals surface area contributed by atoms with Gasteiger partial charge < -0.3 is 10.4 Å². The van der Waals surface area contributed by atoms with Crippen molar-refractivity contribution >= 4 is 17.7 Å². The van der Waals surface area contributed by atoms with Gasteiger partial charge in [0.05, 0.1) is 6.10 Å². The van der Waals surface area contributed by atoms with Crippen LogP contribution in [-0.4, -0.2) is 28.9 Å². The quantitative estimate of drug-likeness (QED) is 0.802. The minimum absolute atomic E-state index is 0.0894. The third kappa shape index (κ3) is 4.03. The molecule has 0 atom stereocenters. The monoisotopic (exact) mass is 265 g/mol. The first kappa shape index (κ1) is 13.4. The summed E-state index contributed by atoms with van der Waals surface area (Å²) < 4.78 is 0. The van der Waals surface area contributed by atoms with Crippen LogP contribution in [0.15, 0.2) is 29.2 Å². The van der Waals surface area contributed by atoms with Crippen LogP contribution >= 0.6 is 11.8 Å². The van der Waals surface area contributed by atoms with Gasteiger partial charge in [-0.25, -0.2) is 0 Å². The second-order valence-corrected chi connectivity index (χ2v) is 5.97. The number of carbonyl (C=O) groups excluding carboxylic acids is 1. The van der Waals surface area contributed by atoms with Gasteiger partial charge in [0.15, 0.2) is 0 Å². The summed E-state index contributed by atoms with van der Waals surface area (Å²) in [4.78, 5) is 12.8. The third-order valence-corrected chi connectivity index (χ3v) is 4.11. The minimum Gasteiger partial charge on any atom is -0.393 e. The second-order valence-electron chi connectivity index (χ2n) is 4.80. The van der Waals surface area contributed by atoms with E-state index in [4.69, 9.17) is 5.11 Å². The van der Waals surface area contributed by atoms with Crippen LogP contribution in [0, 0.1) is 6.92 Å². The van der Waals surface area contributed by atoms with Crippen molar-refractivity contribution < 1.29 is 9.90 Å². The van der Waals surface area contributed by atoms with E-state index in [1.165, 1.54) is 10.5 Å². The molecule has 0 aromatic heterocycles. The zero-order valence-corrected chi connectivity index (χ0v) is 11.4. The molecule has 1 fully saturated rings. The predicted octanol–water partition coefficient (Wildman–Crippen LogP) is 2.12. The number of aliphatic hydroxyl groups excluding tert-OH is 1. The van der Waals surface area contributed by atoms with Gasteiger partial charge in [0.2, 0.25) is 5.91 Å². The van der Waals surface area contributed by atoms with Crippen LogP contribution in [-0.2, 0) is 4.79 Å². The summed E-state index contributed by atoms with van der Waals surface area (Å²) in [5, 5.41) is 12.1. The second kappa shape index (κ2) is 6.25. The number of rotatable bonds is 5. The number of aryl methyl sites for hydroxylation is 1. The van der Waals surface area contributed by atoms with E-state index < -0.39 is 0 Å². The maximum Gasteiger partial charge on any atom is 0.221 e. The fourth-order valence-corrected chi connectivity index (χ4v) is 2.75. The zero-order chi connectivity index (χ0) is 13.0. The number of benzene rings is 1. The summed E-state index contributed by atoms with van der Waals surface area (Å²) >= 11 is 1.70. The molecule has 1 saturated carbocycles. The topological polar surface area (TPSA) is 49.3 Å². The van der Waals surface area contributed by atoms with Gasteiger partial charge in [-0.2, -0.15) is 0 Å². The van der Waals surface area contributed by atoms with Gasteiger partial charge in [0.25, 0.3) is 0 Å². The Bertz CT molecular complexity index is 399. The highest BCUT2D eigenvalue weighted by atomic mass is 32.2. The van der Waals surface area contributed by atoms with E-state index in [9.17, 15) is 4.79 Å². The van der Waals surface area contributed by atoms with Crippen molar-refractivity contribution in [2.75, 3.05) is 5.75 Å². The minimum atomic E-state index is -0.211. The Kier molecular flexibility index (Phi) is 4.66. The Hall–Kier alpha value is -1.00. The molecule has 1 amide bonds. The van der Waals surface area contributed by atoms with Crippen LogP contribution in [0.3, 0.4) is 0 Å². The summed E-state index contributed by atoms with van der Waals surface area (Å²) in [7, 11) is 0. The lowest BCUT2D eigenvalue weighted by Crippen LogP contribution is -2.46. The van der Waals surface area contributed by atoms with Gasteiger partial charge >= 0.3 is 0 Å². The molecule has 98 valence electrons. The number of hydrogen-bond acceptors (Lipinski definition) is 3. The molecule has 0 aliphatic heterocycles. The van der Waals surface area contributed by atoms with Gasteiger partial charge in [0.1, 0.15) is 0 Å². The Labute approximate surface area is 112 Å². The van der Waals surface area contributed by atoms with Gasteiger partial charge in [-0.05, 0) is 31.9 Å². The number of hydrogen-bond donors (Lipinski definition) is 2. The average Bonchev–Trinajstić information content (AvgIpc) is 2.30. The third-order valence-electron chi connectivity index (χ3n) is 3.10. The van der Waals surface area contributed by atoms with E-state index in [1.807, 2.05) is 0 Å². The van der Waals surface area contributed by atoms with Crippen LogP contribution in [0.1, 0.15) is 24.8 Å². The lowest BCUT2D eigenvalue weighted by molar-refractivity contribution is -0.122. The van der Waals surface area contributed by atoms with E-state index in [-0.39, 0.29) is 18.1 Å². The van der Waals surface area contributed by atoms with E-state index >= 15 is 0 Å². The maximum absolute atomic E-state index is 11.6. The van der Waals surface area contributed by atoms with Crippen LogP contribution in [0.5, 0.6) is 0 Å². The molecule has 0 radical (unpaired) electrons. The smallest absolute Gasteiger partial charge is 0.221 e. The maximum atomic E-state index is 11.6. The number of amides is 1. The number of carbonyl (C=O) groups is 1. The molecule has 4 heteroatoms. The standard InChI is InChI=1S/C14H19NO2S/c1-10-2-4-13(5-3-10)18-7-6-14(17)15-11-8-12(16)9-11/h2-5,11-12,16H,6-9H2,1H3,(H,15,17). The Balaban J connectivity index is 1.62. The molecule has 0 bridgehead atoms. The molecule has 1 aliphatic carbocycles. The van der Waals surface area contributed by atoms with Crippen molar-refractivity contribution in [2.24, 2.45) is 0 Å². The first-order valence-electron chi connectivity index (χ1n) is 6.30. The fraction of sp³-hybridized carbons (Fsp3) is 0.500. The first-order valence-corrected chi connectivity index (χ1v) is 7.29. The van der Waals surface area contributed by atoms with E-state index in [2.05, 4.69) is 36.5 Å². The van der Waals surface area contributed by atoms with Gasteiger partial charge in [-0.1, -0.05) is 17.7 Å². The van der Waals surface area contributed by atoms with E-state index in [1.54, 1.807) is 11.8 Å². The van der Waals surface area contributed by atoms with E-state index in [0.29, 0.717) is 19.3 Å². The van der Waals surface area contributed by atoms with Gasteiger partial charge in [-0.15, -0.1) is 11.8 Å². The molecule has 1 aromatic rings. The molecule has 1 aliphatic rings. The van der Waals surface area contributed by atoms with Crippen molar-refractivity contribution in [1.29, 1.82) is 0 Å². The Morgan fingerprint density at radius 2 is 2.06 bits per heavy atom. The molecule has 3 nitrogen and oxygen atoms in total. The largest absolute Gasteiger partial charge is 0.393 e. The van der Waals surface area contributed by atoms with Crippen LogP contribution in [0.25, 0.3) is 0 Å². The van der Waals surface area contributed by atoms with Crippen LogP contribution in [0.4, 0.5) is 0 Å². The molecule has 0 unspecified atom stereocenters. The molecule has 2 N–H and O–H groups in total. The molecule has 0 saturated heterocycles. The van der Waals surface area contributed by atoms with E-state index in [0.717, 1.165) is 5.75 Å². The van der Waals surface area contributed by atoms with Gasteiger partial charge in [0, 0.05) is 23.1 Å². The predicted molar refractivity (Wildman–Crippen MR) is 73.7 cm³/mol. The van der Waals surface area contributed by atoms with Crippen molar-refractivity contribution in [3.8, 4) is 0 Å². The summed E-state index contributed by atoms with van der Waals surface area (Å²) in [6.45, 7) is 2.06. The molecule has 2 rings (SSSR count). The highest BCUT2D eigenvalue weighted by Gasteiger charge is 2.27. The Morgan fingerprint density at radius 1 is 1.39 bits per heavy atom. The lowest BCUT2D eigenvalue weighted by Gasteiger charge is -2.31. The SMILES string of the molecule is Cc1ccc(SCCC(=O)NC2CC(O)C2)cc1. The van der Waals surface area contributed by atoms with Crippen molar-refractivity contribution in [1.82, 2.24) is 5.32 Å². The Morgan fingerprint density at radius 3 is 2.67 bits per heavy atom. The molecular formula is C14H19NO2S. The summed E-state index contributed by atoms with van der Waals surface area (Å²) in [6, 6.07) is 8.52. The van der Waals surface area contributed by atoms with Crippen molar-refractivity contribution in [3.63, 3.8) is 0 Å². The molecule has 0 heterocycles. The average molecular weight is 265 g/mol. The molecular weight excluding hydrogens is 246 g/mol.